The van der Waals surface area contributed by atoms with E-state index in [-0.39, 0.29) is 18.2 Å². The normalized spacial score (nSPS) is 20.9. The van der Waals surface area contributed by atoms with Crippen molar-refractivity contribution < 1.29 is 9.21 Å². The van der Waals surface area contributed by atoms with Crippen molar-refractivity contribution in [2.45, 2.75) is 25.3 Å². The van der Waals surface area contributed by atoms with Crippen molar-refractivity contribution in [3.05, 3.63) is 24.2 Å². The first kappa shape index (κ1) is 14.2. The zero-order valence-corrected chi connectivity index (χ0v) is 10.6. The largest absolute Gasteiger partial charge is 0.461 e. The van der Waals surface area contributed by atoms with Crippen LogP contribution in [0.4, 0.5) is 0 Å². The van der Waals surface area contributed by atoms with E-state index in [1.54, 1.807) is 12.1 Å². The SMILES string of the molecule is Cl.NCC1CCCCN1CC(=O)c1ccco1. The van der Waals surface area contributed by atoms with Crippen LogP contribution in [-0.4, -0.2) is 36.4 Å². The number of hydrogen-bond acceptors (Lipinski definition) is 4. The molecule has 1 unspecified atom stereocenters. The van der Waals surface area contributed by atoms with Crippen LogP contribution in [0.5, 0.6) is 0 Å². The first-order valence-corrected chi connectivity index (χ1v) is 5.82. The molecule has 0 radical (unpaired) electrons. The van der Waals surface area contributed by atoms with Crippen molar-refractivity contribution in [2.24, 2.45) is 5.73 Å². The van der Waals surface area contributed by atoms with Crippen molar-refractivity contribution in [2.75, 3.05) is 19.6 Å². The van der Waals surface area contributed by atoms with Gasteiger partial charge >= 0.3 is 0 Å². The van der Waals surface area contributed by atoms with E-state index < -0.39 is 0 Å². The minimum atomic E-state index is 0. The molecule has 1 aromatic rings. The predicted octanol–water partition coefficient (Wildman–Crippen LogP) is 1.70. The third-order valence-electron chi connectivity index (χ3n) is 3.16. The Hall–Kier alpha value is -0.840. The van der Waals surface area contributed by atoms with E-state index in [9.17, 15) is 4.79 Å². The van der Waals surface area contributed by atoms with E-state index in [2.05, 4.69) is 4.90 Å². The van der Waals surface area contributed by atoms with Gasteiger partial charge < -0.3 is 10.2 Å². The van der Waals surface area contributed by atoms with Crippen LogP contribution in [0.2, 0.25) is 0 Å². The van der Waals surface area contributed by atoms with Gasteiger partial charge in [-0.25, -0.2) is 0 Å². The second-order valence-electron chi connectivity index (χ2n) is 4.26. The van der Waals surface area contributed by atoms with Gasteiger partial charge in [0.05, 0.1) is 12.8 Å². The third kappa shape index (κ3) is 3.56. The van der Waals surface area contributed by atoms with Crippen LogP contribution in [-0.2, 0) is 0 Å². The maximum atomic E-state index is 11.9. The number of Topliss-reactive ketones (excluding diaryl/α,β-unsaturated/α-hetero) is 1. The summed E-state index contributed by atoms with van der Waals surface area (Å²) in [6, 6.07) is 3.81. The number of piperidine rings is 1. The molecular formula is C12H19ClN2O2. The van der Waals surface area contributed by atoms with Gasteiger partial charge in [0.1, 0.15) is 0 Å². The van der Waals surface area contributed by atoms with Crippen molar-refractivity contribution in [1.29, 1.82) is 0 Å². The summed E-state index contributed by atoms with van der Waals surface area (Å²) in [4.78, 5) is 14.0. The van der Waals surface area contributed by atoms with Gasteiger partial charge in [-0.1, -0.05) is 6.42 Å². The van der Waals surface area contributed by atoms with Gasteiger partial charge in [-0.05, 0) is 31.5 Å². The van der Waals surface area contributed by atoms with Crippen LogP contribution in [0.15, 0.2) is 22.8 Å². The summed E-state index contributed by atoms with van der Waals surface area (Å²) < 4.78 is 5.10. The number of carbonyl (C=O) groups is 1. The lowest BCUT2D eigenvalue weighted by Crippen LogP contribution is -2.46. The Morgan fingerprint density at radius 2 is 2.35 bits per heavy atom. The molecule has 1 aliphatic heterocycles. The molecule has 0 aliphatic carbocycles. The Kier molecular flexibility index (Phi) is 5.68. The molecule has 1 saturated heterocycles. The molecule has 0 amide bonds. The summed E-state index contributed by atoms with van der Waals surface area (Å²) >= 11 is 0. The van der Waals surface area contributed by atoms with Crippen molar-refractivity contribution >= 4 is 18.2 Å². The summed E-state index contributed by atoms with van der Waals surface area (Å²) in [7, 11) is 0. The van der Waals surface area contributed by atoms with Gasteiger partial charge in [-0.3, -0.25) is 9.69 Å². The van der Waals surface area contributed by atoms with Crippen LogP contribution in [0.3, 0.4) is 0 Å². The summed E-state index contributed by atoms with van der Waals surface area (Å²) in [6.45, 7) is 2.02. The zero-order valence-electron chi connectivity index (χ0n) is 9.80. The number of furan rings is 1. The number of carbonyl (C=O) groups excluding carboxylic acids is 1. The minimum Gasteiger partial charge on any atom is -0.461 e. The second-order valence-corrected chi connectivity index (χ2v) is 4.26. The molecule has 1 aliphatic rings. The predicted molar refractivity (Wildman–Crippen MR) is 68.6 cm³/mol. The molecule has 0 spiro atoms. The number of likely N-dealkylation sites (tertiary alicyclic amines) is 1. The van der Waals surface area contributed by atoms with E-state index in [1.807, 2.05) is 0 Å². The Morgan fingerprint density at radius 3 is 3.00 bits per heavy atom. The van der Waals surface area contributed by atoms with E-state index >= 15 is 0 Å². The summed E-state index contributed by atoms with van der Waals surface area (Å²) in [5.41, 5.74) is 5.71. The Labute approximate surface area is 108 Å². The van der Waals surface area contributed by atoms with E-state index in [0.29, 0.717) is 24.9 Å². The lowest BCUT2D eigenvalue weighted by atomic mass is 10.0. The molecule has 0 aromatic carbocycles. The quantitative estimate of drug-likeness (QED) is 0.835. The Bertz CT molecular complexity index is 340. The van der Waals surface area contributed by atoms with Crippen molar-refractivity contribution in [1.82, 2.24) is 4.90 Å². The van der Waals surface area contributed by atoms with E-state index in [4.69, 9.17) is 10.2 Å². The summed E-state index contributed by atoms with van der Waals surface area (Å²) in [6.07, 6.45) is 5.00. The Balaban J connectivity index is 0.00000144. The molecule has 4 nitrogen and oxygen atoms in total. The number of halogens is 1. The second kappa shape index (κ2) is 6.79. The number of rotatable bonds is 4. The van der Waals surface area contributed by atoms with Gasteiger partial charge in [0.2, 0.25) is 5.78 Å². The van der Waals surface area contributed by atoms with Gasteiger partial charge in [0.15, 0.2) is 5.76 Å². The van der Waals surface area contributed by atoms with Crippen LogP contribution < -0.4 is 5.73 Å². The molecule has 2 N–H and O–H groups in total. The van der Waals surface area contributed by atoms with E-state index in [0.717, 1.165) is 19.4 Å². The van der Waals surface area contributed by atoms with Gasteiger partial charge in [-0.2, -0.15) is 0 Å². The highest BCUT2D eigenvalue weighted by Crippen LogP contribution is 2.16. The fraction of sp³-hybridized carbons (Fsp3) is 0.583. The molecule has 96 valence electrons. The average molecular weight is 259 g/mol. The van der Waals surface area contributed by atoms with Crippen LogP contribution in [0.25, 0.3) is 0 Å². The van der Waals surface area contributed by atoms with Crippen LogP contribution >= 0.6 is 12.4 Å². The maximum absolute atomic E-state index is 11.9. The molecule has 0 saturated carbocycles. The molecule has 0 bridgehead atoms. The van der Waals surface area contributed by atoms with Crippen molar-refractivity contribution in [3.8, 4) is 0 Å². The number of nitrogens with two attached hydrogens (primary N) is 1. The summed E-state index contributed by atoms with van der Waals surface area (Å²) in [5.74, 6) is 0.492. The van der Waals surface area contributed by atoms with Gasteiger partial charge in [-0.15, -0.1) is 12.4 Å². The smallest absolute Gasteiger partial charge is 0.211 e. The van der Waals surface area contributed by atoms with E-state index in [1.165, 1.54) is 12.7 Å². The van der Waals surface area contributed by atoms with Gasteiger partial charge in [0.25, 0.3) is 0 Å². The standard InChI is InChI=1S/C12H18N2O2.ClH/c13-8-10-4-1-2-6-14(10)9-11(15)12-5-3-7-16-12;/h3,5,7,10H,1-2,4,6,8-9,13H2;1H. The van der Waals surface area contributed by atoms with Gasteiger partial charge in [0, 0.05) is 12.6 Å². The van der Waals surface area contributed by atoms with Crippen molar-refractivity contribution in [3.63, 3.8) is 0 Å². The Morgan fingerprint density at radius 1 is 1.53 bits per heavy atom. The fourth-order valence-electron chi connectivity index (χ4n) is 2.23. The number of hydrogen-bond donors (Lipinski definition) is 1. The lowest BCUT2D eigenvalue weighted by Gasteiger charge is -2.34. The molecule has 5 heteroatoms. The fourth-order valence-corrected chi connectivity index (χ4v) is 2.23. The average Bonchev–Trinajstić information content (AvgIpc) is 2.83. The molecule has 17 heavy (non-hydrogen) atoms. The molecule has 1 atom stereocenters. The number of ketones is 1. The first-order chi connectivity index (χ1) is 7.81. The maximum Gasteiger partial charge on any atom is 0.211 e. The molecule has 2 heterocycles. The molecule has 1 fully saturated rings. The molecular weight excluding hydrogens is 240 g/mol. The van der Waals surface area contributed by atoms with Crippen LogP contribution in [0, 0.1) is 0 Å². The molecule has 2 rings (SSSR count). The highest BCUT2D eigenvalue weighted by Gasteiger charge is 2.24. The highest BCUT2D eigenvalue weighted by atomic mass is 35.5. The lowest BCUT2D eigenvalue weighted by molar-refractivity contribution is 0.0825. The third-order valence-corrected chi connectivity index (χ3v) is 3.16. The molecule has 1 aromatic heterocycles. The highest BCUT2D eigenvalue weighted by molar-refractivity contribution is 5.95. The van der Waals surface area contributed by atoms with Crippen LogP contribution in [0.1, 0.15) is 29.8 Å². The number of nitrogens with zero attached hydrogens (tertiary/aromatic N) is 1. The summed E-state index contributed by atoms with van der Waals surface area (Å²) in [5, 5.41) is 0. The topological polar surface area (TPSA) is 59.5 Å². The first-order valence-electron chi connectivity index (χ1n) is 5.82. The minimum absolute atomic E-state index is 0. The zero-order chi connectivity index (χ0) is 11.4. The monoisotopic (exact) mass is 258 g/mol.